The van der Waals surface area contributed by atoms with Gasteiger partial charge in [0.2, 0.25) is 17.7 Å². The largest absolute Gasteiger partial charge is 0.480 e. The van der Waals surface area contributed by atoms with E-state index in [0.717, 1.165) is 0 Å². The van der Waals surface area contributed by atoms with Crippen LogP contribution in [0.2, 0.25) is 0 Å². The first kappa shape index (κ1) is 26.7. The van der Waals surface area contributed by atoms with E-state index in [2.05, 4.69) is 21.3 Å². The molecule has 12 N–H and O–H groups in total. The van der Waals surface area contributed by atoms with Crippen LogP contribution in [0.4, 0.5) is 0 Å². The highest BCUT2D eigenvalue weighted by Gasteiger charge is 2.31. The first-order valence-corrected chi connectivity index (χ1v) is 9.18. The van der Waals surface area contributed by atoms with Crippen molar-refractivity contribution < 1.29 is 29.4 Å². The molecular formula is C16H33N7O6. The van der Waals surface area contributed by atoms with Gasteiger partial charge in [0.05, 0.1) is 12.1 Å². The Hall–Kier alpha value is -2.32. The van der Waals surface area contributed by atoms with Gasteiger partial charge < -0.3 is 43.4 Å². The number of amides is 3. The Bertz CT molecular complexity index is 570. The Balaban J connectivity index is 5.16. The van der Waals surface area contributed by atoms with Crippen molar-refractivity contribution in [1.82, 2.24) is 21.3 Å². The lowest BCUT2D eigenvalue weighted by Gasteiger charge is -2.26. The fraction of sp³-hybridized carbons (Fsp3) is 0.750. The van der Waals surface area contributed by atoms with Gasteiger partial charge in [-0.1, -0.05) is 0 Å². The lowest BCUT2D eigenvalue weighted by molar-refractivity contribution is -0.142. The van der Waals surface area contributed by atoms with Crippen molar-refractivity contribution in [2.45, 2.75) is 70.2 Å². The Labute approximate surface area is 169 Å². The number of aliphatic hydroxyl groups excluding tert-OH is 1. The number of nitrogens with two attached hydrogens (primary N) is 3. The molecule has 0 saturated heterocycles. The molecule has 0 spiro atoms. The van der Waals surface area contributed by atoms with E-state index in [4.69, 9.17) is 22.3 Å². The molecule has 0 fully saturated rings. The summed E-state index contributed by atoms with van der Waals surface area (Å²) in [5.41, 5.74) is 16.3. The summed E-state index contributed by atoms with van der Waals surface area (Å²) in [5, 5.41) is 28.5. The van der Waals surface area contributed by atoms with Crippen LogP contribution in [0.1, 0.15) is 33.6 Å². The highest BCUT2D eigenvalue weighted by atomic mass is 16.4. The molecule has 0 radical (unpaired) electrons. The number of carbonyl (C=O) groups is 4. The number of nitrogens with one attached hydrogen (secondary N) is 4. The average molecular weight is 419 g/mol. The van der Waals surface area contributed by atoms with Gasteiger partial charge in [0.25, 0.3) is 0 Å². The predicted octanol–water partition coefficient (Wildman–Crippen LogP) is -4.16. The molecule has 13 nitrogen and oxygen atoms in total. The lowest BCUT2D eigenvalue weighted by atomic mass is 10.1. The highest BCUT2D eigenvalue weighted by molar-refractivity contribution is 5.94. The van der Waals surface area contributed by atoms with Gasteiger partial charge in [-0.3, -0.25) is 24.5 Å². The van der Waals surface area contributed by atoms with E-state index in [1.54, 1.807) is 0 Å². The third-order valence-corrected chi connectivity index (χ3v) is 3.89. The molecule has 0 aliphatic carbocycles. The van der Waals surface area contributed by atoms with E-state index in [1.165, 1.54) is 20.8 Å². The van der Waals surface area contributed by atoms with E-state index in [-0.39, 0.29) is 6.42 Å². The van der Waals surface area contributed by atoms with Crippen molar-refractivity contribution in [2.24, 2.45) is 17.2 Å². The zero-order valence-corrected chi connectivity index (χ0v) is 16.8. The molecule has 0 aliphatic heterocycles. The number of aliphatic hydroxyl groups is 1. The van der Waals surface area contributed by atoms with Crippen LogP contribution in [0, 0.1) is 0 Å². The quantitative estimate of drug-likeness (QED) is 0.103. The summed E-state index contributed by atoms with van der Waals surface area (Å²) in [6, 6.07) is -4.56. The van der Waals surface area contributed by atoms with Gasteiger partial charge in [-0.15, -0.1) is 0 Å². The molecule has 0 aliphatic rings. The van der Waals surface area contributed by atoms with E-state index in [0.29, 0.717) is 13.0 Å². The van der Waals surface area contributed by atoms with Crippen LogP contribution in [0.3, 0.4) is 0 Å². The number of carbonyl (C=O) groups excluding carboxylic acids is 3. The molecule has 0 rings (SSSR count). The monoisotopic (exact) mass is 419 g/mol. The summed E-state index contributed by atoms with van der Waals surface area (Å²) in [6.07, 6.45) is -1.48. The zero-order valence-electron chi connectivity index (χ0n) is 16.8. The van der Waals surface area contributed by atoms with E-state index in [1.807, 2.05) is 0 Å². The number of carboxylic acids is 1. The average Bonchev–Trinajstić information content (AvgIpc) is 2.60. The Morgan fingerprint density at radius 3 is 1.93 bits per heavy atom. The van der Waals surface area contributed by atoms with Crippen LogP contribution in [-0.2, 0) is 19.2 Å². The van der Waals surface area contributed by atoms with Crippen LogP contribution < -0.4 is 38.5 Å². The fourth-order valence-electron chi connectivity index (χ4n) is 2.17. The molecule has 0 bridgehead atoms. The van der Waals surface area contributed by atoms with Crippen molar-refractivity contribution in [3.63, 3.8) is 0 Å². The smallest absolute Gasteiger partial charge is 0.325 e. The van der Waals surface area contributed by atoms with Crippen molar-refractivity contribution in [2.75, 3.05) is 6.54 Å². The second-order valence-electron chi connectivity index (χ2n) is 6.77. The van der Waals surface area contributed by atoms with E-state index < -0.39 is 60.3 Å². The van der Waals surface area contributed by atoms with Crippen LogP contribution in [0.25, 0.3) is 0 Å². The molecule has 0 heterocycles. The molecule has 0 saturated carbocycles. The zero-order chi connectivity index (χ0) is 22.7. The third-order valence-electron chi connectivity index (χ3n) is 3.89. The molecule has 5 atom stereocenters. The molecule has 0 aromatic carbocycles. The van der Waals surface area contributed by atoms with Gasteiger partial charge in [0, 0.05) is 0 Å². The molecule has 168 valence electrons. The maximum absolute atomic E-state index is 12.6. The molecule has 0 aromatic rings. The highest BCUT2D eigenvalue weighted by Crippen LogP contribution is 2.02. The SMILES string of the molecule is C[C@H](N)C(=O)N[C@@H](CCCNC(N)N)C(=O)N[C@H](C(=O)N[C@@H](C)C(=O)O)[C@@H](C)O. The summed E-state index contributed by atoms with van der Waals surface area (Å²) in [4.78, 5) is 47.7. The van der Waals surface area contributed by atoms with Crippen LogP contribution in [-0.4, -0.2) is 77.0 Å². The lowest BCUT2D eigenvalue weighted by Crippen LogP contribution is -2.59. The second-order valence-corrected chi connectivity index (χ2v) is 6.77. The van der Waals surface area contributed by atoms with Crippen LogP contribution in [0.5, 0.6) is 0 Å². The third kappa shape index (κ3) is 10.7. The first-order valence-electron chi connectivity index (χ1n) is 9.18. The van der Waals surface area contributed by atoms with Crippen molar-refractivity contribution in [3.05, 3.63) is 0 Å². The summed E-state index contributed by atoms with van der Waals surface area (Å²) >= 11 is 0. The van der Waals surface area contributed by atoms with Crippen molar-refractivity contribution in [3.8, 4) is 0 Å². The molecule has 3 amide bonds. The topological polar surface area (TPSA) is 235 Å². The van der Waals surface area contributed by atoms with Gasteiger partial charge in [-0.2, -0.15) is 0 Å². The van der Waals surface area contributed by atoms with Gasteiger partial charge in [0.15, 0.2) is 0 Å². The second kappa shape index (κ2) is 13.0. The summed E-state index contributed by atoms with van der Waals surface area (Å²) in [5.74, 6) is -3.47. The van der Waals surface area contributed by atoms with Gasteiger partial charge in [-0.05, 0) is 40.2 Å². The maximum atomic E-state index is 12.6. The summed E-state index contributed by atoms with van der Waals surface area (Å²) in [6.45, 7) is 4.31. The van der Waals surface area contributed by atoms with Crippen LogP contribution >= 0.6 is 0 Å². The molecule has 13 heteroatoms. The summed E-state index contributed by atoms with van der Waals surface area (Å²) < 4.78 is 0. The minimum absolute atomic E-state index is 0.170. The normalized spacial score (nSPS) is 16.3. The standard InChI is InChI=1S/C16H33N7O6/c1-7(17)12(25)22-10(5-4-6-20-16(18)19)13(26)23-11(9(3)24)14(27)21-8(2)15(28)29/h7-11,16,20,24H,4-6,17-19H2,1-3H3,(H,21,27)(H,22,25)(H,23,26)(H,28,29)/t7-,8-,9+,10-,11-/m0/s1. The van der Waals surface area contributed by atoms with Crippen LogP contribution in [0.15, 0.2) is 0 Å². The van der Waals surface area contributed by atoms with E-state index in [9.17, 15) is 24.3 Å². The van der Waals surface area contributed by atoms with Gasteiger partial charge in [-0.25, -0.2) is 0 Å². The fourth-order valence-corrected chi connectivity index (χ4v) is 2.17. The Morgan fingerprint density at radius 1 is 0.897 bits per heavy atom. The number of carboxylic acid groups (broad SMARTS) is 1. The predicted molar refractivity (Wildman–Crippen MR) is 104 cm³/mol. The van der Waals surface area contributed by atoms with Gasteiger partial charge in [0.1, 0.15) is 24.4 Å². The van der Waals surface area contributed by atoms with E-state index >= 15 is 0 Å². The van der Waals surface area contributed by atoms with Crippen molar-refractivity contribution in [1.29, 1.82) is 0 Å². The molecule has 0 unspecified atom stereocenters. The molecule has 29 heavy (non-hydrogen) atoms. The number of hydrogen-bond acceptors (Lipinski definition) is 9. The summed E-state index contributed by atoms with van der Waals surface area (Å²) in [7, 11) is 0. The van der Waals surface area contributed by atoms with Crippen molar-refractivity contribution >= 4 is 23.7 Å². The number of rotatable bonds is 13. The maximum Gasteiger partial charge on any atom is 0.325 e. The molecule has 0 aromatic heterocycles. The molecular weight excluding hydrogens is 386 g/mol. The number of aliphatic carboxylic acids is 1. The van der Waals surface area contributed by atoms with Gasteiger partial charge >= 0.3 is 5.97 Å². The Kier molecular flexibility index (Phi) is 12.0. The minimum Gasteiger partial charge on any atom is -0.480 e. The Morgan fingerprint density at radius 2 is 1.48 bits per heavy atom. The minimum atomic E-state index is -1.42. The number of hydrogen-bond donors (Lipinski definition) is 9. The first-order chi connectivity index (χ1) is 13.4.